The van der Waals surface area contributed by atoms with Crippen molar-refractivity contribution in [2.45, 2.75) is 33.2 Å². The SMILES string of the molecule is CCCNC(=O)c1csc(CN(CCC)C(=O)Nc2ccc(F)c(Cl)c2)n1. The molecule has 0 saturated heterocycles. The van der Waals surface area contributed by atoms with Gasteiger partial charge in [-0.3, -0.25) is 4.79 Å². The lowest BCUT2D eigenvalue weighted by molar-refractivity contribution is 0.0949. The topological polar surface area (TPSA) is 74.3 Å². The van der Waals surface area contributed by atoms with Crippen LogP contribution >= 0.6 is 22.9 Å². The summed E-state index contributed by atoms with van der Waals surface area (Å²) >= 11 is 7.08. The van der Waals surface area contributed by atoms with Crippen LogP contribution in [0.5, 0.6) is 0 Å². The van der Waals surface area contributed by atoms with Crippen LogP contribution in [0.1, 0.15) is 42.2 Å². The lowest BCUT2D eigenvalue weighted by Gasteiger charge is -2.21. The third-order valence-corrected chi connectivity index (χ3v) is 4.72. The van der Waals surface area contributed by atoms with E-state index < -0.39 is 5.82 Å². The van der Waals surface area contributed by atoms with Gasteiger partial charge in [-0.05, 0) is 31.0 Å². The lowest BCUT2D eigenvalue weighted by atomic mass is 10.3. The normalized spacial score (nSPS) is 10.5. The van der Waals surface area contributed by atoms with E-state index in [1.165, 1.54) is 29.5 Å². The standard InChI is InChI=1S/C18H22ClFN4O2S/c1-3-7-21-17(25)15-11-27-16(23-15)10-24(8-4-2)18(26)22-12-5-6-14(20)13(19)9-12/h5-6,9,11H,3-4,7-8,10H2,1-2H3,(H,21,25)(H,22,26). The van der Waals surface area contributed by atoms with Crippen molar-refractivity contribution in [3.8, 4) is 0 Å². The number of hydrogen-bond donors (Lipinski definition) is 2. The third-order valence-electron chi connectivity index (χ3n) is 3.60. The van der Waals surface area contributed by atoms with Crippen LogP contribution in [-0.2, 0) is 6.54 Å². The second-order valence-electron chi connectivity index (χ2n) is 5.86. The van der Waals surface area contributed by atoms with E-state index in [2.05, 4.69) is 15.6 Å². The molecule has 0 aliphatic carbocycles. The van der Waals surface area contributed by atoms with Crippen LogP contribution in [0, 0.1) is 5.82 Å². The predicted octanol–water partition coefficient (Wildman–Crippen LogP) is 4.52. The fourth-order valence-corrected chi connectivity index (χ4v) is 3.25. The Morgan fingerprint density at radius 2 is 2.07 bits per heavy atom. The van der Waals surface area contributed by atoms with Gasteiger partial charge < -0.3 is 15.5 Å². The summed E-state index contributed by atoms with van der Waals surface area (Å²) in [5, 5.41) is 7.77. The number of aromatic nitrogens is 1. The number of carbonyl (C=O) groups is 2. The molecule has 0 spiro atoms. The van der Waals surface area contributed by atoms with E-state index in [4.69, 9.17) is 11.6 Å². The Kier molecular flexibility index (Phi) is 7.99. The molecule has 0 unspecified atom stereocenters. The minimum absolute atomic E-state index is 0.0579. The molecule has 1 aromatic heterocycles. The molecule has 0 atom stereocenters. The highest BCUT2D eigenvalue weighted by Crippen LogP contribution is 2.20. The number of benzene rings is 1. The van der Waals surface area contributed by atoms with Crippen LogP contribution in [0.25, 0.3) is 0 Å². The summed E-state index contributed by atoms with van der Waals surface area (Å²) in [6.45, 7) is 5.32. The Balaban J connectivity index is 2.03. The van der Waals surface area contributed by atoms with Crippen molar-refractivity contribution in [3.05, 3.63) is 45.1 Å². The number of amides is 3. The largest absolute Gasteiger partial charge is 0.351 e. The number of rotatable bonds is 8. The molecule has 27 heavy (non-hydrogen) atoms. The average molecular weight is 413 g/mol. The Morgan fingerprint density at radius 3 is 2.74 bits per heavy atom. The van der Waals surface area contributed by atoms with Gasteiger partial charge in [0.15, 0.2) is 0 Å². The molecule has 6 nitrogen and oxygen atoms in total. The van der Waals surface area contributed by atoms with E-state index in [-0.39, 0.29) is 23.5 Å². The van der Waals surface area contributed by atoms with Crippen molar-refractivity contribution in [2.75, 3.05) is 18.4 Å². The van der Waals surface area contributed by atoms with Crippen LogP contribution in [0.3, 0.4) is 0 Å². The highest BCUT2D eigenvalue weighted by atomic mass is 35.5. The van der Waals surface area contributed by atoms with E-state index in [0.717, 1.165) is 12.8 Å². The number of nitrogens with zero attached hydrogens (tertiary/aromatic N) is 2. The summed E-state index contributed by atoms with van der Waals surface area (Å²) in [6, 6.07) is 3.66. The number of nitrogens with one attached hydrogen (secondary N) is 2. The maximum Gasteiger partial charge on any atom is 0.322 e. The maximum atomic E-state index is 13.3. The molecule has 0 radical (unpaired) electrons. The average Bonchev–Trinajstić information content (AvgIpc) is 3.11. The zero-order chi connectivity index (χ0) is 19.8. The van der Waals surface area contributed by atoms with Crippen molar-refractivity contribution in [1.29, 1.82) is 0 Å². The summed E-state index contributed by atoms with van der Waals surface area (Å²) in [5.41, 5.74) is 0.761. The molecule has 9 heteroatoms. The molecule has 0 bridgehead atoms. The fourth-order valence-electron chi connectivity index (χ4n) is 2.28. The van der Waals surface area contributed by atoms with Crippen LogP contribution < -0.4 is 10.6 Å². The van der Waals surface area contributed by atoms with Gasteiger partial charge in [0.2, 0.25) is 0 Å². The zero-order valence-corrected chi connectivity index (χ0v) is 16.8. The summed E-state index contributed by atoms with van der Waals surface area (Å²) in [5.74, 6) is -0.761. The number of anilines is 1. The second kappa shape index (κ2) is 10.2. The summed E-state index contributed by atoms with van der Waals surface area (Å²) < 4.78 is 13.3. The van der Waals surface area contributed by atoms with Gasteiger partial charge >= 0.3 is 6.03 Å². The fraction of sp³-hybridized carbons (Fsp3) is 0.389. The Morgan fingerprint density at radius 1 is 1.30 bits per heavy atom. The molecule has 1 heterocycles. The summed E-state index contributed by atoms with van der Waals surface area (Å²) in [4.78, 5) is 30.4. The molecule has 0 saturated carbocycles. The van der Waals surface area contributed by atoms with E-state index in [9.17, 15) is 14.0 Å². The number of hydrogen-bond acceptors (Lipinski definition) is 4. The molecule has 146 valence electrons. The van der Waals surface area contributed by atoms with Gasteiger partial charge in [0, 0.05) is 24.2 Å². The second-order valence-corrected chi connectivity index (χ2v) is 7.21. The first-order chi connectivity index (χ1) is 12.9. The molecule has 2 N–H and O–H groups in total. The number of carbonyl (C=O) groups excluding carboxylic acids is 2. The van der Waals surface area contributed by atoms with Crippen LogP contribution in [0.15, 0.2) is 23.6 Å². The van der Waals surface area contributed by atoms with Gasteiger partial charge in [0.25, 0.3) is 5.91 Å². The van der Waals surface area contributed by atoms with E-state index in [1.807, 2.05) is 13.8 Å². The third kappa shape index (κ3) is 6.18. The number of thiazole rings is 1. The number of urea groups is 1. The molecule has 2 rings (SSSR count). The van der Waals surface area contributed by atoms with Crippen LogP contribution in [0.4, 0.5) is 14.9 Å². The van der Waals surface area contributed by atoms with Gasteiger partial charge in [-0.2, -0.15) is 0 Å². The van der Waals surface area contributed by atoms with Crippen LogP contribution in [-0.4, -0.2) is 34.9 Å². The van der Waals surface area contributed by atoms with E-state index in [1.54, 1.807) is 10.3 Å². The van der Waals surface area contributed by atoms with E-state index in [0.29, 0.717) is 29.5 Å². The maximum absolute atomic E-state index is 13.3. The molecule has 0 aliphatic rings. The van der Waals surface area contributed by atoms with Gasteiger partial charge in [-0.1, -0.05) is 25.4 Å². The molecule has 2 aromatic rings. The molecule has 0 aliphatic heterocycles. The highest BCUT2D eigenvalue weighted by molar-refractivity contribution is 7.09. The van der Waals surface area contributed by atoms with Crippen molar-refractivity contribution >= 4 is 40.6 Å². The smallest absolute Gasteiger partial charge is 0.322 e. The molecule has 0 fully saturated rings. The van der Waals surface area contributed by atoms with E-state index >= 15 is 0 Å². The molecular weight excluding hydrogens is 391 g/mol. The molecule has 1 aromatic carbocycles. The van der Waals surface area contributed by atoms with Crippen molar-refractivity contribution in [1.82, 2.24) is 15.2 Å². The quantitative estimate of drug-likeness (QED) is 0.669. The first kappa shape index (κ1) is 21.1. The van der Waals surface area contributed by atoms with Crippen molar-refractivity contribution in [3.63, 3.8) is 0 Å². The summed E-state index contributed by atoms with van der Waals surface area (Å²) in [6.07, 6.45) is 1.60. The molecular formula is C18H22ClFN4O2S. The van der Waals surface area contributed by atoms with Gasteiger partial charge in [-0.15, -0.1) is 11.3 Å². The minimum atomic E-state index is -0.545. The van der Waals surface area contributed by atoms with Gasteiger partial charge in [0.1, 0.15) is 16.5 Å². The number of halogens is 2. The first-order valence-electron chi connectivity index (χ1n) is 8.68. The highest BCUT2D eigenvalue weighted by Gasteiger charge is 2.17. The molecule has 3 amide bonds. The Labute approximate surface area is 166 Å². The Hall–Kier alpha value is -2.19. The minimum Gasteiger partial charge on any atom is -0.351 e. The monoisotopic (exact) mass is 412 g/mol. The lowest BCUT2D eigenvalue weighted by Crippen LogP contribution is -2.35. The zero-order valence-electron chi connectivity index (χ0n) is 15.2. The van der Waals surface area contributed by atoms with Gasteiger partial charge in [-0.25, -0.2) is 14.2 Å². The van der Waals surface area contributed by atoms with Gasteiger partial charge in [0.05, 0.1) is 11.6 Å². The van der Waals surface area contributed by atoms with Crippen molar-refractivity contribution in [2.24, 2.45) is 0 Å². The summed E-state index contributed by atoms with van der Waals surface area (Å²) in [7, 11) is 0. The van der Waals surface area contributed by atoms with Crippen LogP contribution in [0.2, 0.25) is 5.02 Å². The first-order valence-corrected chi connectivity index (χ1v) is 9.93. The predicted molar refractivity (Wildman–Crippen MR) is 106 cm³/mol. The Bertz CT molecular complexity index is 799. The van der Waals surface area contributed by atoms with Crippen molar-refractivity contribution < 1.29 is 14.0 Å².